The molecule has 21 heavy (non-hydrogen) atoms. The zero-order valence-electron chi connectivity index (χ0n) is 12.7. The molecule has 0 atom stereocenters. The van der Waals surface area contributed by atoms with E-state index < -0.39 is 0 Å². The molecule has 1 heterocycles. The van der Waals surface area contributed by atoms with Crippen molar-refractivity contribution in [2.45, 2.75) is 33.7 Å². The summed E-state index contributed by atoms with van der Waals surface area (Å²) in [6.45, 7) is 8.45. The minimum atomic E-state index is -0.288. The summed E-state index contributed by atoms with van der Waals surface area (Å²) in [6.07, 6.45) is 0.939. The lowest BCUT2D eigenvalue weighted by Crippen LogP contribution is -2.16. The Morgan fingerprint density at radius 2 is 2.10 bits per heavy atom. The highest BCUT2D eigenvalue weighted by atomic mass is 35.5. The Bertz CT molecular complexity index is 622. The van der Waals surface area contributed by atoms with Crippen molar-refractivity contribution in [2.75, 3.05) is 13.1 Å². The lowest BCUT2D eigenvalue weighted by Gasteiger charge is -2.07. The number of hydrogen-bond acceptors (Lipinski definition) is 2. The first-order valence-electron chi connectivity index (χ1n) is 7.20. The van der Waals surface area contributed by atoms with E-state index in [-0.39, 0.29) is 5.82 Å². The molecule has 1 aromatic carbocycles. The number of nitrogens with one attached hydrogen (secondary N) is 1. The second kappa shape index (κ2) is 7.05. The summed E-state index contributed by atoms with van der Waals surface area (Å²) >= 11 is 5.78. The third-order valence-electron chi connectivity index (χ3n) is 3.67. The van der Waals surface area contributed by atoms with Crippen molar-refractivity contribution in [1.29, 1.82) is 0 Å². The third-order valence-corrected chi connectivity index (χ3v) is 3.90. The van der Waals surface area contributed by atoms with E-state index in [4.69, 9.17) is 11.6 Å². The maximum absolute atomic E-state index is 13.9. The van der Waals surface area contributed by atoms with E-state index in [9.17, 15) is 4.39 Å². The van der Waals surface area contributed by atoms with Crippen molar-refractivity contribution >= 4 is 11.6 Å². The van der Waals surface area contributed by atoms with Crippen molar-refractivity contribution in [1.82, 2.24) is 15.1 Å². The zero-order chi connectivity index (χ0) is 15.4. The van der Waals surface area contributed by atoms with Crippen LogP contribution in [0.4, 0.5) is 4.39 Å². The molecule has 0 saturated carbocycles. The van der Waals surface area contributed by atoms with Gasteiger partial charge in [0, 0.05) is 16.3 Å². The molecule has 0 unspecified atom stereocenters. The number of aromatic nitrogens is 2. The van der Waals surface area contributed by atoms with Crippen LogP contribution in [0.15, 0.2) is 18.2 Å². The van der Waals surface area contributed by atoms with Gasteiger partial charge in [-0.15, -0.1) is 0 Å². The smallest absolute Gasteiger partial charge is 0.129 e. The van der Waals surface area contributed by atoms with E-state index in [1.807, 2.05) is 18.5 Å². The van der Waals surface area contributed by atoms with Gasteiger partial charge in [-0.3, -0.25) is 4.68 Å². The first kappa shape index (κ1) is 16.0. The van der Waals surface area contributed by atoms with Crippen LogP contribution in [0.3, 0.4) is 0 Å². The number of halogens is 2. The quantitative estimate of drug-likeness (QED) is 0.828. The van der Waals surface area contributed by atoms with Crippen LogP contribution in [-0.4, -0.2) is 22.9 Å². The molecule has 114 valence electrons. The van der Waals surface area contributed by atoms with Gasteiger partial charge in [0.15, 0.2) is 0 Å². The number of aryl methyl sites for hydroxylation is 1. The van der Waals surface area contributed by atoms with Gasteiger partial charge in [0.1, 0.15) is 5.82 Å². The van der Waals surface area contributed by atoms with Gasteiger partial charge in [0.05, 0.1) is 12.2 Å². The molecular weight excluding hydrogens is 289 g/mol. The molecule has 0 bridgehead atoms. The van der Waals surface area contributed by atoms with E-state index in [1.54, 1.807) is 12.1 Å². The summed E-state index contributed by atoms with van der Waals surface area (Å²) in [7, 11) is 0. The van der Waals surface area contributed by atoms with Crippen LogP contribution in [-0.2, 0) is 13.0 Å². The van der Waals surface area contributed by atoms with E-state index in [0.717, 1.165) is 30.9 Å². The average Bonchev–Trinajstić information content (AvgIpc) is 2.69. The summed E-state index contributed by atoms with van der Waals surface area (Å²) in [5.74, 6) is -0.288. The van der Waals surface area contributed by atoms with Crippen molar-refractivity contribution < 1.29 is 4.39 Å². The van der Waals surface area contributed by atoms with Crippen LogP contribution >= 0.6 is 11.6 Å². The molecule has 0 amide bonds. The summed E-state index contributed by atoms with van der Waals surface area (Å²) in [5, 5.41) is 8.26. The molecule has 0 saturated heterocycles. The molecule has 0 aliphatic rings. The molecule has 0 fully saturated rings. The van der Waals surface area contributed by atoms with E-state index in [2.05, 4.69) is 17.3 Å². The topological polar surface area (TPSA) is 29.9 Å². The standard InChI is InChI=1S/C16H21ClFN3/c1-4-19-8-7-15-11(2)20-21(12(15)3)10-13-5-6-14(17)9-16(13)18/h5-6,9,19H,4,7-8,10H2,1-3H3. The van der Waals surface area contributed by atoms with Gasteiger partial charge >= 0.3 is 0 Å². The molecule has 0 radical (unpaired) electrons. The fraction of sp³-hybridized carbons (Fsp3) is 0.438. The van der Waals surface area contributed by atoms with Gasteiger partial charge in [-0.25, -0.2) is 4.39 Å². The molecule has 5 heteroatoms. The van der Waals surface area contributed by atoms with Crippen molar-refractivity contribution in [3.63, 3.8) is 0 Å². The van der Waals surface area contributed by atoms with E-state index in [1.165, 1.54) is 11.6 Å². The van der Waals surface area contributed by atoms with Gasteiger partial charge in [-0.1, -0.05) is 24.6 Å². The van der Waals surface area contributed by atoms with Gasteiger partial charge in [-0.05, 0) is 51.1 Å². The van der Waals surface area contributed by atoms with Gasteiger partial charge in [0.25, 0.3) is 0 Å². The minimum absolute atomic E-state index is 0.288. The maximum Gasteiger partial charge on any atom is 0.129 e. The van der Waals surface area contributed by atoms with Crippen LogP contribution in [0.1, 0.15) is 29.4 Å². The van der Waals surface area contributed by atoms with Gasteiger partial charge in [-0.2, -0.15) is 5.10 Å². The number of likely N-dealkylation sites (N-methyl/N-ethyl adjacent to an activating group) is 1. The Morgan fingerprint density at radius 1 is 1.33 bits per heavy atom. The minimum Gasteiger partial charge on any atom is -0.317 e. The molecule has 0 aliphatic carbocycles. The fourth-order valence-corrected chi connectivity index (χ4v) is 2.61. The maximum atomic E-state index is 13.9. The normalized spacial score (nSPS) is 11.1. The summed E-state index contributed by atoms with van der Waals surface area (Å²) < 4.78 is 15.8. The van der Waals surface area contributed by atoms with Crippen LogP contribution < -0.4 is 5.32 Å². The van der Waals surface area contributed by atoms with E-state index in [0.29, 0.717) is 17.1 Å². The second-order valence-corrected chi connectivity index (χ2v) is 5.58. The summed E-state index contributed by atoms with van der Waals surface area (Å²) in [6, 6.07) is 4.76. The summed E-state index contributed by atoms with van der Waals surface area (Å²) in [4.78, 5) is 0. The highest BCUT2D eigenvalue weighted by Crippen LogP contribution is 2.19. The SMILES string of the molecule is CCNCCc1c(C)nn(Cc2ccc(Cl)cc2F)c1C. The van der Waals surface area contributed by atoms with Gasteiger partial charge in [0.2, 0.25) is 0 Å². The van der Waals surface area contributed by atoms with Crippen molar-refractivity contribution in [3.05, 3.63) is 51.6 Å². The Labute approximate surface area is 130 Å². The molecule has 2 rings (SSSR count). The molecule has 1 N–H and O–H groups in total. The van der Waals surface area contributed by atoms with Crippen LogP contribution in [0, 0.1) is 19.7 Å². The number of benzene rings is 1. The second-order valence-electron chi connectivity index (χ2n) is 5.15. The van der Waals surface area contributed by atoms with Crippen LogP contribution in [0.5, 0.6) is 0 Å². The Balaban J connectivity index is 2.19. The first-order valence-corrected chi connectivity index (χ1v) is 7.58. The Hall–Kier alpha value is -1.39. The van der Waals surface area contributed by atoms with Crippen LogP contribution in [0.2, 0.25) is 5.02 Å². The average molecular weight is 310 g/mol. The highest BCUT2D eigenvalue weighted by Gasteiger charge is 2.13. The first-order chi connectivity index (χ1) is 10.0. The lowest BCUT2D eigenvalue weighted by molar-refractivity contribution is 0.578. The monoisotopic (exact) mass is 309 g/mol. The molecule has 0 spiro atoms. The van der Waals surface area contributed by atoms with Crippen molar-refractivity contribution in [2.24, 2.45) is 0 Å². The predicted molar refractivity (Wildman–Crippen MR) is 84.5 cm³/mol. The zero-order valence-corrected chi connectivity index (χ0v) is 13.5. The molecular formula is C16H21ClFN3. The third kappa shape index (κ3) is 3.83. The lowest BCUT2D eigenvalue weighted by atomic mass is 10.1. The molecule has 2 aromatic rings. The Kier molecular flexibility index (Phi) is 5.37. The van der Waals surface area contributed by atoms with Gasteiger partial charge < -0.3 is 5.32 Å². The largest absolute Gasteiger partial charge is 0.317 e. The highest BCUT2D eigenvalue weighted by molar-refractivity contribution is 6.30. The molecule has 1 aromatic heterocycles. The van der Waals surface area contributed by atoms with E-state index >= 15 is 0 Å². The van der Waals surface area contributed by atoms with Crippen LogP contribution in [0.25, 0.3) is 0 Å². The number of rotatable bonds is 6. The Morgan fingerprint density at radius 3 is 2.76 bits per heavy atom. The number of nitrogens with zero attached hydrogens (tertiary/aromatic N) is 2. The number of hydrogen-bond donors (Lipinski definition) is 1. The van der Waals surface area contributed by atoms with Crippen molar-refractivity contribution in [3.8, 4) is 0 Å². The molecule has 3 nitrogen and oxygen atoms in total. The predicted octanol–water partition coefficient (Wildman–Crippen LogP) is 3.49. The molecule has 0 aliphatic heterocycles. The fourth-order valence-electron chi connectivity index (χ4n) is 2.45. The summed E-state index contributed by atoms with van der Waals surface area (Å²) in [5.41, 5.74) is 3.95.